The average Bonchev–Trinajstić information content (AvgIpc) is 3.12. The Morgan fingerprint density at radius 1 is 1.12 bits per heavy atom. The van der Waals surface area contributed by atoms with Crippen LogP contribution in [0.1, 0.15) is 6.92 Å². The van der Waals surface area contributed by atoms with Crippen molar-refractivity contribution in [3.8, 4) is 5.75 Å². The SMILES string of the molecule is CC(Oc1ccccc1)C(=O)N1CCN(c2nc3ncccc3o2)CC1. The lowest BCUT2D eigenvalue weighted by atomic mass is 10.2. The molecule has 1 aliphatic heterocycles. The first-order chi connectivity index (χ1) is 12.7. The number of ether oxygens (including phenoxy) is 1. The van der Waals surface area contributed by atoms with Gasteiger partial charge in [0.05, 0.1) is 0 Å². The van der Waals surface area contributed by atoms with Crippen LogP contribution in [0.4, 0.5) is 6.01 Å². The molecule has 3 heterocycles. The third-order valence-corrected chi connectivity index (χ3v) is 4.42. The molecule has 2 aromatic heterocycles. The average molecular weight is 352 g/mol. The quantitative estimate of drug-likeness (QED) is 0.718. The van der Waals surface area contributed by atoms with Crippen LogP contribution in [0.2, 0.25) is 0 Å². The maximum absolute atomic E-state index is 12.6. The summed E-state index contributed by atoms with van der Waals surface area (Å²) >= 11 is 0. The van der Waals surface area contributed by atoms with Gasteiger partial charge in [0.15, 0.2) is 11.7 Å². The lowest BCUT2D eigenvalue weighted by molar-refractivity contribution is -0.138. The molecule has 1 amide bonds. The van der Waals surface area contributed by atoms with E-state index >= 15 is 0 Å². The van der Waals surface area contributed by atoms with E-state index in [2.05, 4.69) is 9.97 Å². The van der Waals surface area contributed by atoms with Gasteiger partial charge in [-0.1, -0.05) is 18.2 Å². The number of hydrogen-bond donors (Lipinski definition) is 0. The molecule has 4 rings (SSSR count). The Kier molecular flexibility index (Phi) is 4.43. The van der Waals surface area contributed by atoms with E-state index < -0.39 is 6.10 Å². The van der Waals surface area contributed by atoms with Gasteiger partial charge < -0.3 is 19.0 Å². The predicted octanol–water partition coefficient (Wildman–Crippen LogP) is 2.34. The lowest BCUT2D eigenvalue weighted by Crippen LogP contribution is -2.52. The predicted molar refractivity (Wildman–Crippen MR) is 97.1 cm³/mol. The van der Waals surface area contributed by atoms with E-state index in [1.54, 1.807) is 13.1 Å². The third kappa shape index (κ3) is 3.33. The molecule has 0 radical (unpaired) electrons. The molecule has 134 valence electrons. The Morgan fingerprint density at radius 3 is 2.62 bits per heavy atom. The van der Waals surface area contributed by atoms with Gasteiger partial charge >= 0.3 is 0 Å². The molecule has 0 saturated carbocycles. The van der Waals surface area contributed by atoms with Gasteiger partial charge in [0.1, 0.15) is 5.75 Å². The number of benzene rings is 1. The highest BCUT2D eigenvalue weighted by atomic mass is 16.5. The number of hydrogen-bond acceptors (Lipinski definition) is 6. The number of amides is 1. The van der Waals surface area contributed by atoms with Crippen molar-refractivity contribution in [2.75, 3.05) is 31.1 Å². The molecular formula is C19H20N4O3. The summed E-state index contributed by atoms with van der Waals surface area (Å²) < 4.78 is 11.5. The summed E-state index contributed by atoms with van der Waals surface area (Å²) in [5.74, 6) is 0.693. The molecule has 0 bridgehead atoms. The normalized spacial score (nSPS) is 15.9. The monoisotopic (exact) mass is 352 g/mol. The van der Waals surface area contributed by atoms with Crippen LogP contribution < -0.4 is 9.64 Å². The third-order valence-electron chi connectivity index (χ3n) is 4.42. The highest BCUT2D eigenvalue weighted by molar-refractivity contribution is 5.81. The van der Waals surface area contributed by atoms with Gasteiger partial charge in [-0.25, -0.2) is 4.98 Å². The van der Waals surface area contributed by atoms with Gasteiger partial charge in [-0.15, -0.1) is 0 Å². The van der Waals surface area contributed by atoms with Gasteiger partial charge in [0.2, 0.25) is 5.65 Å². The molecule has 1 aliphatic rings. The van der Waals surface area contributed by atoms with Gasteiger partial charge in [-0.3, -0.25) is 4.79 Å². The fraction of sp³-hybridized carbons (Fsp3) is 0.316. The fourth-order valence-corrected chi connectivity index (χ4v) is 3.02. The van der Waals surface area contributed by atoms with Crippen molar-refractivity contribution in [3.05, 3.63) is 48.7 Å². The Bertz CT molecular complexity index is 855. The van der Waals surface area contributed by atoms with E-state index in [4.69, 9.17) is 9.15 Å². The second-order valence-corrected chi connectivity index (χ2v) is 6.21. The Hall–Kier alpha value is -3.09. The number of nitrogens with zero attached hydrogens (tertiary/aromatic N) is 4. The molecule has 0 N–H and O–H groups in total. The first-order valence-corrected chi connectivity index (χ1v) is 8.68. The summed E-state index contributed by atoms with van der Waals surface area (Å²) in [5.41, 5.74) is 1.27. The van der Waals surface area contributed by atoms with Crippen LogP contribution in [0.15, 0.2) is 53.1 Å². The minimum Gasteiger partial charge on any atom is -0.481 e. The second-order valence-electron chi connectivity index (χ2n) is 6.21. The van der Waals surface area contributed by atoms with Crippen LogP contribution >= 0.6 is 0 Å². The van der Waals surface area contributed by atoms with Gasteiger partial charge in [-0.2, -0.15) is 4.98 Å². The number of rotatable bonds is 4. The van der Waals surface area contributed by atoms with Crippen molar-refractivity contribution in [2.24, 2.45) is 0 Å². The maximum Gasteiger partial charge on any atom is 0.300 e. The van der Waals surface area contributed by atoms with Crippen molar-refractivity contribution in [2.45, 2.75) is 13.0 Å². The molecule has 1 aromatic carbocycles. The van der Waals surface area contributed by atoms with Gasteiger partial charge in [0.25, 0.3) is 11.9 Å². The van der Waals surface area contributed by atoms with E-state index in [-0.39, 0.29) is 5.91 Å². The number of pyridine rings is 1. The Morgan fingerprint density at radius 2 is 1.88 bits per heavy atom. The molecule has 1 unspecified atom stereocenters. The van der Waals surface area contributed by atoms with Crippen LogP contribution in [0.25, 0.3) is 11.2 Å². The topological polar surface area (TPSA) is 71.7 Å². The molecular weight excluding hydrogens is 332 g/mol. The zero-order valence-electron chi connectivity index (χ0n) is 14.5. The number of carbonyl (C=O) groups excluding carboxylic acids is 1. The molecule has 7 nitrogen and oxygen atoms in total. The summed E-state index contributed by atoms with van der Waals surface area (Å²) in [6.45, 7) is 4.32. The van der Waals surface area contributed by atoms with Gasteiger partial charge in [0, 0.05) is 32.4 Å². The van der Waals surface area contributed by atoms with E-state index in [0.29, 0.717) is 49.2 Å². The summed E-state index contributed by atoms with van der Waals surface area (Å²) in [7, 11) is 0. The molecule has 1 saturated heterocycles. The summed E-state index contributed by atoms with van der Waals surface area (Å²) in [5, 5.41) is 0. The van der Waals surface area contributed by atoms with E-state index in [1.165, 1.54) is 0 Å². The molecule has 7 heteroatoms. The number of para-hydroxylation sites is 1. The summed E-state index contributed by atoms with van der Waals surface area (Å²) in [6.07, 6.45) is 1.18. The van der Waals surface area contributed by atoms with Crippen molar-refractivity contribution in [1.82, 2.24) is 14.9 Å². The van der Waals surface area contributed by atoms with Crippen LogP contribution in [-0.2, 0) is 4.79 Å². The standard InChI is InChI=1S/C19H20N4O3/c1-14(25-15-6-3-2-4-7-15)18(24)22-10-12-23(13-11-22)19-21-17-16(26-19)8-5-9-20-17/h2-9,14H,10-13H2,1H3. The smallest absolute Gasteiger partial charge is 0.300 e. The highest BCUT2D eigenvalue weighted by Gasteiger charge is 2.27. The van der Waals surface area contributed by atoms with E-state index in [1.807, 2.05) is 52.3 Å². The number of carbonyl (C=O) groups is 1. The lowest BCUT2D eigenvalue weighted by Gasteiger charge is -2.35. The molecule has 26 heavy (non-hydrogen) atoms. The van der Waals surface area contributed by atoms with Gasteiger partial charge in [-0.05, 0) is 31.2 Å². The minimum absolute atomic E-state index is 0.00673. The Balaban J connectivity index is 1.36. The summed E-state index contributed by atoms with van der Waals surface area (Å²) in [6, 6.07) is 13.6. The van der Waals surface area contributed by atoms with Crippen molar-refractivity contribution in [3.63, 3.8) is 0 Å². The van der Waals surface area contributed by atoms with Crippen molar-refractivity contribution in [1.29, 1.82) is 0 Å². The van der Waals surface area contributed by atoms with Crippen molar-refractivity contribution >= 4 is 23.2 Å². The van der Waals surface area contributed by atoms with Crippen LogP contribution in [-0.4, -0.2) is 53.1 Å². The number of fused-ring (bicyclic) bond motifs is 1. The highest BCUT2D eigenvalue weighted by Crippen LogP contribution is 2.21. The number of piperazine rings is 1. The van der Waals surface area contributed by atoms with E-state index in [9.17, 15) is 4.79 Å². The first kappa shape index (κ1) is 16.4. The first-order valence-electron chi connectivity index (χ1n) is 8.68. The molecule has 1 atom stereocenters. The number of aromatic nitrogens is 2. The molecule has 1 fully saturated rings. The van der Waals surface area contributed by atoms with Crippen molar-refractivity contribution < 1.29 is 13.9 Å². The fourth-order valence-electron chi connectivity index (χ4n) is 3.02. The summed E-state index contributed by atoms with van der Waals surface area (Å²) in [4.78, 5) is 25.1. The zero-order chi connectivity index (χ0) is 17.9. The minimum atomic E-state index is -0.516. The van der Waals surface area contributed by atoms with Crippen LogP contribution in [0.3, 0.4) is 0 Å². The second kappa shape index (κ2) is 7.03. The maximum atomic E-state index is 12.6. The number of anilines is 1. The molecule has 0 spiro atoms. The Labute approximate surface area is 151 Å². The molecule has 3 aromatic rings. The molecule has 0 aliphatic carbocycles. The zero-order valence-corrected chi connectivity index (χ0v) is 14.5. The van der Waals surface area contributed by atoms with Crippen LogP contribution in [0.5, 0.6) is 5.75 Å². The van der Waals surface area contributed by atoms with Crippen LogP contribution in [0, 0.1) is 0 Å². The largest absolute Gasteiger partial charge is 0.481 e. The van der Waals surface area contributed by atoms with E-state index in [0.717, 1.165) is 0 Å². The number of oxazole rings is 1.